The van der Waals surface area contributed by atoms with Gasteiger partial charge >= 0.3 is 6.09 Å². The van der Waals surface area contributed by atoms with Gasteiger partial charge in [-0.05, 0) is 62.6 Å². The van der Waals surface area contributed by atoms with Gasteiger partial charge < -0.3 is 24.8 Å². The van der Waals surface area contributed by atoms with Crippen molar-refractivity contribution in [3.8, 4) is 11.5 Å². The summed E-state index contributed by atoms with van der Waals surface area (Å²) in [5.41, 5.74) is 2.87. The number of anilines is 1. The fourth-order valence-electron chi connectivity index (χ4n) is 2.95. The van der Waals surface area contributed by atoms with Crippen molar-refractivity contribution in [1.29, 1.82) is 0 Å². The van der Waals surface area contributed by atoms with Gasteiger partial charge in [-0.25, -0.2) is 9.79 Å². The van der Waals surface area contributed by atoms with Gasteiger partial charge in [-0.1, -0.05) is 18.2 Å². The summed E-state index contributed by atoms with van der Waals surface area (Å²) >= 11 is 0. The number of guanidine groups is 1. The van der Waals surface area contributed by atoms with Gasteiger partial charge in [0.05, 0.1) is 26.9 Å². The van der Waals surface area contributed by atoms with E-state index in [1.54, 1.807) is 0 Å². The van der Waals surface area contributed by atoms with Gasteiger partial charge in [0.15, 0.2) is 17.5 Å². The number of halogens is 1. The van der Waals surface area contributed by atoms with Crippen LogP contribution in [0, 0.1) is 0 Å². The van der Waals surface area contributed by atoms with Crippen molar-refractivity contribution < 1.29 is 19.0 Å². The van der Waals surface area contributed by atoms with Gasteiger partial charge in [0.2, 0.25) is 0 Å². The molecule has 0 saturated heterocycles. The molecule has 33 heavy (non-hydrogen) atoms. The van der Waals surface area contributed by atoms with Crippen molar-refractivity contribution in [2.75, 3.05) is 38.7 Å². The normalized spacial score (nSPS) is 10.6. The van der Waals surface area contributed by atoms with Gasteiger partial charge in [0.1, 0.15) is 0 Å². The van der Waals surface area contributed by atoms with E-state index >= 15 is 0 Å². The highest BCUT2D eigenvalue weighted by Crippen LogP contribution is 2.28. The predicted octanol–water partition coefficient (Wildman–Crippen LogP) is 4.58. The van der Waals surface area contributed by atoms with Crippen LogP contribution >= 0.6 is 24.0 Å². The summed E-state index contributed by atoms with van der Waals surface area (Å²) in [5, 5.41) is 9.26. The highest BCUT2D eigenvalue weighted by Gasteiger charge is 2.07. The smallest absolute Gasteiger partial charge is 0.411 e. The lowest BCUT2D eigenvalue weighted by molar-refractivity contribution is 0.187. The molecule has 0 spiro atoms. The molecule has 8 nitrogen and oxygen atoms in total. The Morgan fingerprint density at radius 3 is 2.21 bits per heavy atom. The number of amides is 1. The summed E-state index contributed by atoms with van der Waals surface area (Å²) in [6.45, 7) is 9.18. The van der Waals surface area contributed by atoms with E-state index in [1.165, 1.54) is 7.11 Å². The molecule has 0 aliphatic rings. The molecule has 0 heterocycles. The van der Waals surface area contributed by atoms with Crippen LogP contribution in [0.4, 0.5) is 10.5 Å². The topological polar surface area (TPSA) is 93.2 Å². The number of benzene rings is 2. The number of aliphatic imine (C=N–C) groups is 1. The molecule has 0 aromatic heterocycles. The first kappa shape index (κ1) is 28.3. The lowest BCUT2D eigenvalue weighted by Crippen LogP contribution is -2.38. The molecule has 0 radical (unpaired) electrons. The summed E-state index contributed by atoms with van der Waals surface area (Å²) in [6, 6.07) is 13.5. The first-order valence-electron chi connectivity index (χ1n) is 10.9. The molecule has 0 fully saturated rings. The van der Waals surface area contributed by atoms with Crippen LogP contribution in [0.1, 0.15) is 31.9 Å². The zero-order valence-electron chi connectivity index (χ0n) is 19.8. The Morgan fingerprint density at radius 1 is 0.909 bits per heavy atom. The quantitative estimate of drug-likeness (QED) is 0.208. The van der Waals surface area contributed by atoms with Crippen LogP contribution in [0.5, 0.6) is 11.5 Å². The van der Waals surface area contributed by atoms with E-state index in [9.17, 15) is 4.79 Å². The maximum atomic E-state index is 11.3. The fraction of sp³-hybridized carbons (Fsp3) is 0.417. The molecule has 182 valence electrons. The molecule has 0 saturated carbocycles. The van der Waals surface area contributed by atoms with Gasteiger partial charge in [0.25, 0.3) is 0 Å². The van der Waals surface area contributed by atoms with Crippen molar-refractivity contribution in [2.24, 2.45) is 4.99 Å². The minimum Gasteiger partial charge on any atom is -0.490 e. The molecule has 0 bridgehead atoms. The number of carbonyl (C=O) groups excluding carboxylic acids is 1. The number of methoxy groups -OCH3 is 1. The molecule has 2 aromatic rings. The van der Waals surface area contributed by atoms with Crippen molar-refractivity contribution in [3.05, 3.63) is 53.6 Å². The zero-order valence-corrected chi connectivity index (χ0v) is 22.1. The fourth-order valence-corrected chi connectivity index (χ4v) is 2.95. The number of carbonyl (C=O) groups is 1. The molecular formula is C24H35IN4O4. The number of nitrogens with one attached hydrogen (secondary N) is 3. The Kier molecular flexibility index (Phi) is 13.7. The number of rotatable bonds is 11. The number of hydrogen-bond acceptors (Lipinski definition) is 5. The Hall–Kier alpha value is -2.69. The summed E-state index contributed by atoms with van der Waals surface area (Å²) in [6.07, 6.45) is 0.334. The van der Waals surface area contributed by atoms with E-state index in [4.69, 9.17) is 9.47 Å². The van der Waals surface area contributed by atoms with Crippen molar-refractivity contribution in [1.82, 2.24) is 10.6 Å². The Balaban J connectivity index is 0.00000544. The highest BCUT2D eigenvalue weighted by atomic mass is 127. The lowest BCUT2D eigenvalue weighted by atomic mass is 10.1. The molecule has 0 atom stereocenters. The first-order chi connectivity index (χ1) is 15.6. The summed E-state index contributed by atoms with van der Waals surface area (Å²) in [4.78, 5) is 15.9. The van der Waals surface area contributed by atoms with Crippen molar-refractivity contribution in [2.45, 2.75) is 33.7 Å². The van der Waals surface area contributed by atoms with E-state index in [0.29, 0.717) is 25.4 Å². The third kappa shape index (κ3) is 10.2. The van der Waals surface area contributed by atoms with E-state index in [-0.39, 0.29) is 24.0 Å². The van der Waals surface area contributed by atoms with Crippen LogP contribution in [0.2, 0.25) is 0 Å². The number of hydrogen-bond donors (Lipinski definition) is 3. The second kappa shape index (κ2) is 16.0. The van der Waals surface area contributed by atoms with Crippen LogP contribution in [-0.2, 0) is 17.7 Å². The third-order valence-electron chi connectivity index (χ3n) is 4.46. The van der Waals surface area contributed by atoms with Crippen molar-refractivity contribution in [3.63, 3.8) is 0 Å². The van der Waals surface area contributed by atoms with Crippen LogP contribution in [-0.4, -0.2) is 45.5 Å². The van der Waals surface area contributed by atoms with E-state index in [1.807, 2.05) is 57.2 Å². The number of ether oxygens (including phenoxy) is 3. The highest BCUT2D eigenvalue weighted by molar-refractivity contribution is 14.0. The average molecular weight is 570 g/mol. The first-order valence-corrected chi connectivity index (χ1v) is 10.9. The Bertz CT molecular complexity index is 875. The molecule has 3 N–H and O–H groups in total. The van der Waals surface area contributed by atoms with Crippen LogP contribution in [0.15, 0.2) is 47.5 Å². The van der Waals surface area contributed by atoms with Gasteiger partial charge in [-0.3, -0.25) is 5.32 Å². The van der Waals surface area contributed by atoms with Gasteiger partial charge in [-0.15, -0.1) is 24.0 Å². The molecular weight excluding hydrogens is 535 g/mol. The molecule has 2 rings (SSSR count). The zero-order chi connectivity index (χ0) is 23.2. The SMILES string of the molecule is CCNC(=NCc1ccc(NC(=O)OC)cc1)NCCc1ccc(OCC)c(OCC)c1.I. The van der Waals surface area contributed by atoms with Crippen LogP contribution in [0.3, 0.4) is 0 Å². The van der Waals surface area contributed by atoms with Gasteiger partial charge in [0, 0.05) is 18.8 Å². The lowest BCUT2D eigenvalue weighted by Gasteiger charge is -2.14. The Labute approximate surface area is 213 Å². The Morgan fingerprint density at radius 2 is 1.58 bits per heavy atom. The number of nitrogens with zero attached hydrogens (tertiary/aromatic N) is 1. The predicted molar refractivity (Wildman–Crippen MR) is 143 cm³/mol. The molecule has 0 aliphatic carbocycles. The van der Waals surface area contributed by atoms with E-state index in [2.05, 4.69) is 31.7 Å². The van der Waals surface area contributed by atoms with Crippen molar-refractivity contribution >= 4 is 41.7 Å². The molecule has 2 aromatic carbocycles. The summed E-state index contributed by atoms with van der Waals surface area (Å²) in [7, 11) is 1.33. The van der Waals surface area contributed by atoms with Crippen LogP contribution < -0.4 is 25.4 Å². The second-order valence-electron chi connectivity index (χ2n) is 6.83. The minimum absolute atomic E-state index is 0. The standard InChI is InChI=1S/C24H34N4O4.HI/c1-5-25-23(27-17-19-8-11-20(12-9-19)28-24(29)30-4)26-15-14-18-10-13-21(31-6-2)22(16-18)32-7-3;/h8-13,16H,5-7,14-15,17H2,1-4H3,(H,28,29)(H2,25,26,27);1H. The average Bonchev–Trinajstić information content (AvgIpc) is 2.80. The third-order valence-corrected chi connectivity index (χ3v) is 4.46. The largest absolute Gasteiger partial charge is 0.490 e. The maximum absolute atomic E-state index is 11.3. The molecule has 0 unspecified atom stereocenters. The van der Waals surface area contributed by atoms with E-state index < -0.39 is 6.09 Å². The minimum atomic E-state index is -0.490. The molecule has 9 heteroatoms. The summed E-state index contributed by atoms with van der Waals surface area (Å²) in [5.74, 6) is 2.30. The second-order valence-corrected chi connectivity index (χ2v) is 6.83. The van der Waals surface area contributed by atoms with Gasteiger partial charge in [-0.2, -0.15) is 0 Å². The summed E-state index contributed by atoms with van der Waals surface area (Å²) < 4.78 is 15.9. The maximum Gasteiger partial charge on any atom is 0.411 e. The molecule has 1 amide bonds. The van der Waals surface area contributed by atoms with E-state index in [0.717, 1.165) is 48.1 Å². The molecule has 0 aliphatic heterocycles. The van der Waals surface area contributed by atoms with Crippen LogP contribution in [0.25, 0.3) is 0 Å². The monoisotopic (exact) mass is 570 g/mol.